The van der Waals surface area contributed by atoms with Gasteiger partial charge in [0, 0.05) is 90.1 Å². The van der Waals surface area contributed by atoms with E-state index in [1.54, 1.807) is 0 Å². The molecule has 3 aromatic heterocycles. The first-order valence-electron chi connectivity index (χ1n) is 16.3. The Morgan fingerprint density at radius 1 is 0.896 bits per heavy atom. The molecule has 2 N–H and O–H groups in total. The van der Waals surface area contributed by atoms with E-state index < -0.39 is 0 Å². The lowest BCUT2D eigenvalue weighted by atomic mass is 10.0. The Bertz CT molecular complexity index is 2000. The number of fused-ring (bicyclic) bond motifs is 1. The lowest BCUT2D eigenvalue weighted by Crippen LogP contribution is -2.49. The van der Waals surface area contributed by atoms with Gasteiger partial charge in [-0.25, -0.2) is 4.98 Å². The van der Waals surface area contributed by atoms with Crippen LogP contribution in [-0.4, -0.2) is 74.5 Å². The largest absolute Gasteiger partial charge is 0.350 e. The third-order valence-corrected chi connectivity index (χ3v) is 9.65. The maximum absolute atomic E-state index is 14.1. The SMILES string of the molecule is CC(c1ccccn1)N1CCN(CCNC(=O)c2[nH]c3cc(Cl)ccc3c2-c2c(-c3ccccc3)ncn2Cc2ccc(Cl)cc2)CC1. The van der Waals surface area contributed by atoms with Gasteiger partial charge in [0.15, 0.2) is 0 Å². The van der Waals surface area contributed by atoms with Gasteiger partial charge in [0.05, 0.1) is 23.4 Å². The molecule has 3 aromatic carbocycles. The van der Waals surface area contributed by atoms with Crippen molar-refractivity contribution in [2.75, 3.05) is 39.3 Å². The van der Waals surface area contributed by atoms with Gasteiger partial charge >= 0.3 is 0 Å². The van der Waals surface area contributed by atoms with Gasteiger partial charge < -0.3 is 14.9 Å². The first kappa shape index (κ1) is 32.1. The number of halogens is 2. The summed E-state index contributed by atoms with van der Waals surface area (Å²) >= 11 is 12.6. The molecule has 0 aliphatic carbocycles. The molecule has 8 nitrogen and oxygen atoms in total. The first-order chi connectivity index (χ1) is 23.4. The van der Waals surface area contributed by atoms with Crippen LogP contribution in [0.2, 0.25) is 10.0 Å². The zero-order chi connectivity index (χ0) is 33.0. The van der Waals surface area contributed by atoms with Gasteiger partial charge in [0.25, 0.3) is 5.91 Å². The molecule has 0 radical (unpaired) electrons. The second-order valence-electron chi connectivity index (χ2n) is 12.2. The molecule has 1 atom stereocenters. The molecule has 10 heteroatoms. The number of aromatic amines is 1. The van der Waals surface area contributed by atoms with Crippen molar-refractivity contribution in [2.24, 2.45) is 0 Å². The summed E-state index contributed by atoms with van der Waals surface area (Å²) in [6, 6.07) is 29.9. The highest BCUT2D eigenvalue weighted by molar-refractivity contribution is 6.31. The summed E-state index contributed by atoms with van der Waals surface area (Å²) in [5, 5.41) is 5.38. The molecule has 4 heterocycles. The van der Waals surface area contributed by atoms with Crippen molar-refractivity contribution >= 4 is 40.0 Å². The predicted octanol–water partition coefficient (Wildman–Crippen LogP) is 7.56. The summed E-state index contributed by atoms with van der Waals surface area (Å²) in [6.07, 6.45) is 3.70. The highest BCUT2D eigenvalue weighted by Gasteiger charge is 2.27. The minimum Gasteiger partial charge on any atom is -0.350 e. The fraction of sp³-hybridized carbons (Fsp3) is 0.237. The van der Waals surface area contributed by atoms with E-state index in [1.165, 1.54) is 0 Å². The number of H-pyrrole nitrogens is 1. The molecular weight excluding hydrogens is 641 g/mol. The van der Waals surface area contributed by atoms with Crippen molar-refractivity contribution in [3.63, 3.8) is 0 Å². The number of imidazole rings is 1. The van der Waals surface area contributed by atoms with E-state index >= 15 is 0 Å². The summed E-state index contributed by atoms with van der Waals surface area (Å²) in [6.45, 7) is 7.85. The Kier molecular flexibility index (Phi) is 9.59. The average molecular weight is 679 g/mol. The molecule has 0 spiro atoms. The fourth-order valence-electron chi connectivity index (χ4n) is 6.54. The van der Waals surface area contributed by atoms with E-state index in [-0.39, 0.29) is 11.9 Å². The number of piperazine rings is 1. The molecule has 1 aliphatic heterocycles. The minimum absolute atomic E-state index is 0.169. The summed E-state index contributed by atoms with van der Waals surface area (Å²) in [4.78, 5) is 31.8. The van der Waals surface area contributed by atoms with Crippen molar-refractivity contribution in [1.82, 2.24) is 34.6 Å². The topological polar surface area (TPSA) is 82.1 Å². The minimum atomic E-state index is -0.169. The first-order valence-corrected chi connectivity index (χ1v) is 17.0. The lowest BCUT2D eigenvalue weighted by molar-refractivity contribution is 0.0902. The summed E-state index contributed by atoms with van der Waals surface area (Å²) in [5.41, 5.74) is 6.85. The van der Waals surface area contributed by atoms with Gasteiger partial charge in [-0.2, -0.15) is 0 Å². The van der Waals surface area contributed by atoms with Crippen LogP contribution in [0, 0.1) is 0 Å². The molecule has 1 amide bonds. The molecule has 6 aromatic rings. The molecule has 244 valence electrons. The monoisotopic (exact) mass is 677 g/mol. The van der Waals surface area contributed by atoms with Crippen LogP contribution in [0.15, 0.2) is 104 Å². The van der Waals surface area contributed by atoms with Crippen LogP contribution in [0.5, 0.6) is 0 Å². The van der Waals surface area contributed by atoms with E-state index in [2.05, 4.69) is 42.6 Å². The highest BCUT2D eigenvalue weighted by atomic mass is 35.5. The van der Waals surface area contributed by atoms with Gasteiger partial charge in [-0.1, -0.05) is 77.8 Å². The van der Waals surface area contributed by atoms with Crippen molar-refractivity contribution in [3.05, 3.63) is 131 Å². The Morgan fingerprint density at radius 2 is 1.65 bits per heavy atom. The summed E-state index contributed by atoms with van der Waals surface area (Å²) in [5.74, 6) is -0.169. The van der Waals surface area contributed by atoms with Crippen LogP contribution < -0.4 is 5.32 Å². The normalized spacial score (nSPS) is 14.7. The maximum atomic E-state index is 14.1. The number of hydrogen-bond acceptors (Lipinski definition) is 5. The second kappa shape index (κ2) is 14.3. The maximum Gasteiger partial charge on any atom is 0.268 e. The molecule has 1 fully saturated rings. The Labute approximate surface area is 290 Å². The quantitative estimate of drug-likeness (QED) is 0.156. The molecule has 1 unspecified atom stereocenters. The van der Waals surface area contributed by atoms with Crippen molar-refractivity contribution in [1.29, 1.82) is 0 Å². The zero-order valence-electron chi connectivity index (χ0n) is 26.7. The van der Waals surface area contributed by atoms with Crippen LogP contribution in [0.3, 0.4) is 0 Å². The molecule has 0 saturated carbocycles. The van der Waals surface area contributed by atoms with Crippen LogP contribution in [0.1, 0.15) is 34.7 Å². The Morgan fingerprint density at radius 3 is 2.40 bits per heavy atom. The molecule has 7 rings (SSSR count). The van der Waals surface area contributed by atoms with Gasteiger partial charge in [-0.05, 0) is 48.9 Å². The number of nitrogens with one attached hydrogen (secondary N) is 2. The molecule has 0 bridgehead atoms. The van der Waals surface area contributed by atoms with Crippen molar-refractivity contribution in [2.45, 2.75) is 19.5 Å². The van der Waals surface area contributed by atoms with E-state index in [0.29, 0.717) is 28.8 Å². The standard InChI is InChI=1S/C38H37Cl2N7O/c1-26(32-9-5-6-16-41-32)46-21-19-45(20-22-46)18-17-42-38(48)36-34(31-15-14-30(40)23-33(31)44-36)37-35(28-7-3-2-4-8-28)43-25-47(37)24-27-10-12-29(39)13-11-27/h2-16,23,25-26,44H,17-22,24H2,1H3,(H,42,48). The average Bonchev–Trinajstić information content (AvgIpc) is 3.70. The van der Waals surface area contributed by atoms with Crippen molar-refractivity contribution in [3.8, 4) is 22.5 Å². The second-order valence-corrected chi connectivity index (χ2v) is 13.1. The van der Waals surface area contributed by atoms with Crippen LogP contribution in [0.25, 0.3) is 33.4 Å². The number of pyridine rings is 1. The van der Waals surface area contributed by atoms with E-state index in [1.807, 2.05) is 97.5 Å². The molecule has 1 aliphatic rings. The number of carbonyl (C=O) groups excluding carboxylic acids is 1. The number of nitrogens with zero attached hydrogens (tertiary/aromatic N) is 5. The fourth-order valence-corrected chi connectivity index (χ4v) is 6.84. The summed E-state index contributed by atoms with van der Waals surface area (Å²) < 4.78 is 2.10. The highest BCUT2D eigenvalue weighted by Crippen LogP contribution is 2.39. The van der Waals surface area contributed by atoms with Gasteiger partial charge in [-0.3, -0.25) is 19.6 Å². The molecular formula is C38H37Cl2N7O. The van der Waals surface area contributed by atoms with Crippen LogP contribution in [-0.2, 0) is 6.54 Å². The van der Waals surface area contributed by atoms with Gasteiger partial charge in [0.1, 0.15) is 5.69 Å². The third-order valence-electron chi connectivity index (χ3n) is 9.16. The lowest BCUT2D eigenvalue weighted by Gasteiger charge is -2.37. The van der Waals surface area contributed by atoms with E-state index in [9.17, 15) is 4.79 Å². The summed E-state index contributed by atoms with van der Waals surface area (Å²) in [7, 11) is 0. The number of rotatable bonds is 10. The Hall–Kier alpha value is -4.47. The third kappa shape index (κ3) is 6.89. The number of amides is 1. The number of aromatic nitrogens is 4. The number of carbonyl (C=O) groups is 1. The number of benzene rings is 3. The van der Waals surface area contributed by atoms with E-state index in [4.69, 9.17) is 28.2 Å². The van der Waals surface area contributed by atoms with Crippen LogP contribution >= 0.6 is 23.2 Å². The Balaban J connectivity index is 1.14. The predicted molar refractivity (Wildman–Crippen MR) is 194 cm³/mol. The zero-order valence-corrected chi connectivity index (χ0v) is 28.3. The van der Waals surface area contributed by atoms with Crippen LogP contribution in [0.4, 0.5) is 0 Å². The molecule has 48 heavy (non-hydrogen) atoms. The van der Waals surface area contributed by atoms with Crippen molar-refractivity contribution < 1.29 is 4.79 Å². The number of hydrogen-bond donors (Lipinski definition) is 2. The van der Waals surface area contributed by atoms with Gasteiger partial charge in [0.2, 0.25) is 0 Å². The smallest absolute Gasteiger partial charge is 0.268 e. The molecule has 1 saturated heterocycles. The van der Waals surface area contributed by atoms with Gasteiger partial charge in [-0.15, -0.1) is 0 Å². The van der Waals surface area contributed by atoms with E-state index in [0.717, 1.165) is 77.4 Å².